The van der Waals surface area contributed by atoms with Crippen LogP contribution in [0.25, 0.3) is 11.3 Å². The quantitative estimate of drug-likeness (QED) is 0.158. The van der Waals surface area contributed by atoms with Gasteiger partial charge in [-0.3, -0.25) is 14.4 Å². The molecule has 1 aliphatic rings. The Morgan fingerprint density at radius 2 is 1.68 bits per heavy atom. The molecule has 0 aliphatic carbocycles. The van der Waals surface area contributed by atoms with Crippen molar-refractivity contribution in [3.05, 3.63) is 59.3 Å². The van der Waals surface area contributed by atoms with Crippen LogP contribution in [0.3, 0.4) is 0 Å². The average molecular weight is 615 g/mol. The lowest BCUT2D eigenvalue weighted by molar-refractivity contribution is -0.212. The van der Waals surface area contributed by atoms with Crippen LogP contribution < -0.4 is 0 Å². The standard InChI is InChI=1S/C25H22ClF3N4O7S/c1-11(34)37-10-19-23(38-12(2)35)22(33-9-18(31-32-33)14-6-16(27)21(29)17(28)7-14)24(39-13(3)36)25(40-19)41-15-4-5-30-20(26)8-15/h4-9,19,22-25H,10H2,1-3H3/t19-,22+,23+,24-,25-/m1/s1. The Bertz CT molecular complexity index is 1440. The lowest BCUT2D eigenvalue weighted by Gasteiger charge is -2.44. The van der Waals surface area contributed by atoms with Crippen LogP contribution in [-0.4, -0.2) is 68.2 Å². The van der Waals surface area contributed by atoms with E-state index in [1.165, 1.54) is 24.0 Å². The summed E-state index contributed by atoms with van der Waals surface area (Å²) in [5, 5.41) is 8.16. The zero-order valence-corrected chi connectivity index (χ0v) is 23.2. The van der Waals surface area contributed by atoms with Crippen molar-refractivity contribution < 1.29 is 46.5 Å². The van der Waals surface area contributed by atoms with Crippen LogP contribution in [-0.2, 0) is 33.3 Å². The lowest BCUT2D eigenvalue weighted by Crippen LogP contribution is -2.57. The fourth-order valence-corrected chi connectivity index (χ4v) is 5.50. The topological polar surface area (TPSA) is 132 Å². The van der Waals surface area contributed by atoms with Gasteiger partial charge in [-0.05, 0) is 24.3 Å². The molecular formula is C25H22ClF3N4O7S. The summed E-state index contributed by atoms with van der Waals surface area (Å²) >= 11 is 7.12. The molecule has 0 bridgehead atoms. The highest BCUT2D eigenvalue weighted by Gasteiger charge is 2.52. The average Bonchev–Trinajstić information content (AvgIpc) is 3.37. The number of carbonyl (C=O) groups is 3. The summed E-state index contributed by atoms with van der Waals surface area (Å²) in [7, 11) is 0. The second-order valence-corrected chi connectivity index (χ2v) is 10.3. The SMILES string of the molecule is CC(=O)OC[C@H]1O[C@H](Sc2ccnc(Cl)c2)[C@H](OC(C)=O)[C@@H](n2cc(-c3cc(F)c(F)c(F)c3)nn2)[C@H]1OC(C)=O. The number of pyridine rings is 1. The van der Waals surface area contributed by atoms with E-state index in [0.717, 1.165) is 37.7 Å². The number of rotatable bonds is 8. The molecule has 3 heterocycles. The molecule has 0 amide bonds. The predicted octanol–water partition coefficient (Wildman–Crippen LogP) is 3.90. The highest BCUT2D eigenvalue weighted by molar-refractivity contribution is 7.99. The number of ether oxygens (including phenoxy) is 4. The molecule has 41 heavy (non-hydrogen) atoms. The summed E-state index contributed by atoms with van der Waals surface area (Å²) in [6.07, 6.45) is -0.857. The molecule has 0 spiro atoms. The van der Waals surface area contributed by atoms with Crippen LogP contribution in [0.5, 0.6) is 0 Å². The fraction of sp³-hybridized carbons (Fsp3) is 0.360. The number of esters is 3. The van der Waals surface area contributed by atoms with Gasteiger partial charge in [-0.1, -0.05) is 28.6 Å². The summed E-state index contributed by atoms with van der Waals surface area (Å²) in [6, 6.07) is 3.49. The molecule has 4 rings (SSSR count). The van der Waals surface area contributed by atoms with Crippen LogP contribution in [0.1, 0.15) is 26.8 Å². The van der Waals surface area contributed by atoms with Crippen molar-refractivity contribution in [3.63, 3.8) is 0 Å². The van der Waals surface area contributed by atoms with Gasteiger partial charge in [0.05, 0.1) is 6.20 Å². The summed E-state index contributed by atoms with van der Waals surface area (Å²) in [6.45, 7) is 3.11. The Balaban J connectivity index is 1.82. The van der Waals surface area contributed by atoms with Crippen LogP contribution >= 0.6 is 23.4 Å². The number of hydrogen-bond acceptors (Lipinski definition) is 11. The van der Waals surface area contributed by atoms with Gasteiger partial charge in [0.1, 0.15) is 35.0 Å². The van der Waals surface area contributed by atoms with Gasteiger partial charge in [-0.2, -0.15) is 0 Å². The molecule has 0 N–H and O–H groups in total. The predicted molar refractivity (Wildman–Crippen MR) is 136 cm³/mol. The Morgan fingerprint density at radius 1 is 1.02 bits per heavy atom. The third-order valence-corrected chi connectivity index (χ3v) is 7.06. The third kappa shape index (κ3) is 7.34. The minimum atomic E-state index is -1.65. The Hall–Kier alpha value is -3.69. The van der Waals surface area contributed by atoms with Gasteiger partial charge in [0.25, 0.3) is 0 Å². The third-order valence-electron chi connectivity index (χ3n) is 5.72. The van der Waals surface area contributed by atoms with Gasteiger partial charge >= 0.3 is 17.9 Å². The number of carbonyl (C=O) groups excluding carboxylic acids is 3. The second-order valence-electron chi connectivity index (χ2n) is 8.75. The minimum Gasteiger partial charge on any atom is -0.463 e. The number of halogens is 4. The first-order valence-corrected chi connectivity index (χ1v) is 13.2. The van der Waals surface area contributed by atoms with Crippen molar-refractivity contribution in [2.45, 2.75) is 55.5 Å². The first kappa shape index (κ1) is 30.3. The van der Waals surface area contributed by atoms with Crippen molar-refractivity contribution in [2.75, 3.05) is 6.61 Å². The molecule has 2 aromatic heterocycles. The molecule has 0 radical (unpaired) electrons. The van der Waals surface area contributed by atoms with Gasteiger partial charge in [0.15, 0.2) is 29.7 Å². The number of thioether (sulfide) groups is 1. The summed E-state index contributed by atoms with van der Waals surface area (Å²) in [4.78, 5) is 40.5. The van der Waals surface area contributed by atoms with Crippen LogP contribution in [0.4, 0.5) is 13.2 Å². The van der Waals surface area contributed by atoms with E-state index in [1.807, 2.05) is 0 Å². The zero-order valence-electron chi connectivity index (χ0n) is 21.6. The molecule has 1 aromatic carbocycles. The molecule has 5 atom stereocenters. The molecule has 1 aliphatic heterocycles. The van der Waals surface area contributed by atoms with Gasteiger partial charge in [0.2, 0.25) is 0 Å². The van der Waals surface area contributed by atoms with Crippen molar-refractivity contribution in [3.8, 4) is 11.3 Å². The van der Waals surface area contributed by atoms with Crippen molar-refractivity contribution in [2.24, 2.45) is 0 Å². The molecule has 1 saturated heterocycles. The minimum absolute atomic E-state index is 0.0703. The largest absolute Gasteiger partial charge is 0.463 e. The number of hydrogen-bond donors (Lipinski definition) is 0. The first-order valence-electron chi connectivity index (χ1n) is 11.9. The smallest absolute Gasteiger partial charge is 0.303 e. The summed E-state index contributed by atoms with van der Waals surface area (Å²) < 4.78 is 65.1. The van der Waals surface area contributed by atoms with E-state index in [9.17, 15) is 27.6 Å². The van der Waals surface area contributed by atoms with E-state index in [1.54, 1.807) is 12.1 Å². The molecule has 1 fully saturated rings. The van der Waals surface area contributed by atoms with Gasteiger partial charge in [-0.15, -0.1) is 5.10 Å². The van der Waals surface area contributed by atoms with Crippen molar-refractivity contribution >= 4 is 41.3 Å². The molecular weight excluding hydrogens is 593 g/mol. The molecule has 0 unspecified atom stereocenters. The van der Waals surface area contributed by atoms with E-state index in [-0.39, 0.29) is 23.0 Å². The highest BCUT2D eigenvalue weighted by atomic mass is 35.5. The fourth-order valence-electron chi connectivity index (χ4n) is 4.13. The van der Waals surface area contributed by atoms with E-state index in [0.29, 0.717) is 4.90 Å². The summed E-state index contributed by atoms with van der Waals surface area (Å²) in [5.74, 6) is -6.63. The normalized spacial score (nSPS) is 22.2. The zero-order chi connectivity index (χ0) is 29.8. The number of nitrogens with zero attached hydrogens (tertiary/aromatic N) is 4. The molecule has 11 nitrogen and oxygen atoms in total. The lowest BCUT2D eigenvalue weighted by atomic mass is 9.96. The van der Waals surface area contributed by atoms with Gasteiger partial charge < -0.3 is 18.9 Å². The molecule has 0 saturated carbocycles. The maximum atomic E-state index is 13.9. The van der Waals surface area contributed by atoms with Gasteiger partial charge in [0, 0.05) is 37.4 Å². The van der Waals surface area contributed by atoms with E-state index in [2.05, 4.69) is 15.3 Å². The van der Waals surface area contributed by atoms with E-state index in [4.69, 9.17) is 30.5 Å². The maximum absolute atomic E-state index is 13.9. The van der Waals surface area contributed by atoms with Crippen molar-refractivity contribution in [1.82, 2.24) is 20.0 Å². The molecule has 218 valence electrons. The Labute approximate surface area is 240 Å². The van der Waals surface area contributed by atoms with Crippen LogP contribution in [0.15, 0.2) is 41.6 Å². The monoisotopic (exact) mass is 614 g/mol. The highest BCUT2D eigenvalue weighted by Crippen LogP contribution is 2.41. The molecule has 16 heteroatoms. The summed E-state index contributed by atoms with van der Waals surface area (Å²) in [5.41, 5.74) is -1.22. The number of aromatic nitrogens is 4. The Morgan fingerprint density at radius 3 is 2.29 bits per heavy atom. The Kier molecular flexibility index (Phi) is 9.50. The van der Waals surface area contributed by atoms with Crippen LogP contribution in [0.2, 0.25) is 5.15 Å². The van der Waals surface area contributed by atoms with E-state index < -0.39 is 65.1 Å². The molecule has 3 aromatic rings. The first-order chi connectivity index (χ1) is 19.4. The van der Waals surface area contributed by atoms with Gasteiger partial charge in [-0.25, -0.2) is 22.8 Å². The van der Waals surface area contributed by atoms with Crippen LogP contribution in [0, 0.1) is 17.5 Å². The number of benzene rings is 1. The van der Waals surface area contributed by atoms with E-state index >= 15 is 0 Å². The maximum Gasteiger partial charge on any atom is 0.303 e. The second kappa shape index (κ2) is 12.9. The van der Waals surface area contributed by atoms with Crippen molar-refractivity contribution in [1.29, 1.82) is 0 Å².